The summed E-state index contributed by atoms with van der Waals surface area (Å²) in [5, 5.41) is 3.24. The molecule has 0 amide bonds. The zero-order valence-corrected chi connectivity index (χ0v) is 11.7. The van der Waals surface area contributed by atoms with Crippen LogP contribution >= 0.6 is 11.6 Å². The first-order valence-electron chi connectivity index (χ1n) is 5.93. The molecule has 2 rings (SSSR count). The van der Waals surface area contributed by atoms with E-state index in [2.05, 4.69) is 10.1 Å². The Kier molecular flexibility index (Phi) is 4.18. The average molecular weight is 317 g/mol. The number of nitrogens with two attached hydrogens (primary N) is 1. The maximum atomic E-state index is 12.4. The van der Waals surface area contributed by atoms with Gasteiger partial charge in [-0.1, -0.05) is 23.7 Å². The third-order valence-electron chi connectivity index (χ3n) is 2.79. The molecular weight excluding hydrogens is 305 g/mol. The Hall–Kier alpha value is -2.08. The quantitative estimate of drug-likeness (QED) is 0.794. The molecule has 0 aromatic heterocycles. The zero-order valence-electron chi connectivity index (χ0n) is 11.0. The van der Waals surface area contributed by atoms with Gasteiger partial charge in [0, 0.05) is 16.4 Å². The van der Waals surface area contributed by atoms with Gasteiger partial charge >= 0.3 is 6.36 Å². The largest absolute Gasteiger partial charge is 0.573 e. The monoisotopic (exact) mass is 316 g/mol. The standard InChI is InChI=1S/C14H12ClF3N2O/c1-8-10(19)6-9(15)7-12(8)20-11-4-2-3-5-13(11)21-14(16,17)18/h2-7,20H,19H2,1H3. The molecule has 0 heterocycles. The van der Waals surface area contributed by atoms with Crippen molar-refractivity contribution in [1.29, 1.82) is 0 Å². The number of alkyl halides is 3. The van der Waals surface area contributed by atoms with Gasteiger partial charge < -0.3 is 15.8 Å². The fourth-order valence-corrected chi connectivity index (χ4v) is 1.99. The highest BCUT2D eigenvalue weighted by molar-refractivity contribution is 6.31. The third kappa shape index (κ3) is 3.95. The van der Waals surface area contributed by atoms with Crippen LogP contribution in [0.1, 0.15) is 5.56 Å². The first kappa shape index (κ1) is 15.3. The lowest BCUT2D eigenvalue weighted by atomic mass is 10.1. The van der Waals surface area contributed by atoms with Crippen LogP contribution in [0.4, 0.5) is 30.2 Å². The minimum Gasteiger partial charge on any atom is -0.404 e. The van der Waals surface area contributed by atoms with Crippen LogP contribution < -0.4 is 15.8 Å². The lowest BCUT2D eigenvalue weighted by Crippen LogP contribution is -2.17. The van der Waals surface area contributed by atoms with Crippen molar-refractivity contribution in [2.24, 2.45) is 0 Å². The first-order chi connectivity index (χ1) is 9.76. The Morgan fingerprint density at radius 3 is 2.48 bits per heavy atom. The van der Waals surface area contributed by atoms with Gasteiger partial charge in [-0.05, 0) is 36.8 Å². The Labute approximate surface area is 124 Å². The Morgan fingerprint density at radius 2 is 1.81 bits per heavy atom. The van der Waals surface area contributed by atoms with Crippen LogP contribution in [0.15, 0.2) is 36.4 Å². The van der Waals surface area contributed by atoms with E-state index in [1.54, 1.807) is 25.1 Å². The molecule has 0 unspecified atom stereocenters. The number of nitrogen functional groups attached to an aromatic ring is 1. The summed E-state index contributed by atoms with van der Waals surface area (Å²) in [7, 11) is 0. The number of anilines is 3. The summed E-state index contributed by atoms with van der Waals surface area (Å²) >= 11 is 5.90. The van der Waals surface area contributed by atoms with E-state index in [1.165, 1.54) is 18.2 Å². The van der Waals surface area contributed by atoms with Gasteiger partial charge in [0.2, 0.25) is 0 Å². The lowest BCUT2D eigenvalue weighted by Gasteiger charge is -2.16. The van der Waals surface area contributed by atoms with E-state index < -0.39 is 6.36 Å². The Balaban J connectivity index is 2.36. The van der Waals surface area contributed by atoms with Crippen molar-refractivity contribution in [3.8, 4) is 5.75 Å². The minimum absolute atomic E-state index is 0.166. The maximum Gasteiger partial charge on any atom is 0.573 e. The van der Waals surface area contributed by atoms with Crippen LogP contribution in [0.3, 0.4) is 0 Å². The van der Waals surface area contributed by atoms with E-state index >= 15 is 0 Å². The number of para-hydroxylation sites is 2. The van der Waals surface area contributed by atoms with Crippen molar-refractivity contribution in [1.82, 2.24) is 0 Å². The molecule has 2 aromatic carbocycles. The summed E-state index contributed by atoms with van der Waals surface area (Å²) in [6, 6.07) is 8.88. The number of benzene rings is 2. The Morgan fingerprint density at radius 1 is 1.14 bits per heavy atom. The zero-order chi connectivity index (χ0) is 15.6. The van der Waals surface area contributed by atoms with E-state index in [1.807, 2.05) is 0 Å². The molecule has 7 heteroatoms. The number of hydrogen-bond donors (Lipinski definition) is 2. The topological polar surface area (TPSA) is 47.3 Å². The van der Waals surface area contributed by atoms with Crippen molar-refractivity contribution in [3.63, 3.8) is 0 Å². The predicted molar refractivity (Wildman–Crippen MR) is 77.0 cm³/mol. The Bertz CT molecular complexity index is 659. The second-order valence-electron chi connectivity index (χ2n) is 4.34. The van der Waals surface area contributed by atoms with Gasteiger partial charge in [-0.3, -0.25) is 0 Å². The molecule has 21 heavy (non-hydrogen) atoms. The molecule has 3 nitrogen and oxygen atoms in total. The van der Waals surface area contributed by atoms with Crippen molar-refractivity contribution in [2.45, 2.75) is 13.3 Å². The van der Waals surface area contributed by atoms with Crippen molar-refractivity contribution in [3.05, 3.63) is 47.0 Å². The highest BCUT2D eigenvalue weighted by Crippen LogP contribution is 2.35. The molecule has 0 aliphatic heterocycles. The summed E-state index contributed by atoms with van der Waals surface area (Å²) in [6.45, 7) is 1.74. The van der Waals surface area contributed by atoms with Crippen LogP contribution in [0.2, 0.25) is 5.02 Å². The molecule has 0 bridgehead atoms. The number of hydrogen-bond acceptors (Lipinski definition) is 3. The maximum absolute atomic E-state index is 12.4. The van der Waals surface area contributed by atoms with Gasteiger partial charge in [0.05, 0.1) is 5.69 Å². The second kappa shape index (κ2) is 5.73. The number of halogens is 4. The summed E-state index contributed by atoms with van der Waals surface area (Å²) < 4.78 is 41.1. The van der Waals surface area contributed by atoms with Crippen LogP contribution in [0.5, 0.6) is 5.75 Å². The van der Waals surface area contributed by atoms with Crippen molar-refractivity contribution >= 4 is 28.7 Å². The van der Waals surface area contributed by atoms with Gasteiger partial charge in [0.15, 0.2) is 5.75 Å². The second-order valence-corrected chi connectivity index (χ2v) is 4.77. The molecule has 0 aliphatic rings. The predicted octanol–water partition coefficient (Wildman–Crippen LogP) is 4.87. The minimum atomic E-state index is -4.76. The summed E-state index contributed by atoms with van der Waals surface area (Å²) in [5.74, 6) is -0.331. The molecule has 2 aromatic rings. The van der Waals surface area contributed by atoms with E-state index in [9.17, 15) is 13.2 Å². The van der Waals surface area contributed by atoms with E-state index in [4.69, 9.17) is 17.3 Å². The number of ether oxygens (including phenoxy) is 1. The van der Waals surface area contributed by atoms with E-state index in [0.717, 1.165) is 0 Å². The third-order valence-corrected chi connectivity index (χ3v) is 3.01. The highest BCUT2D eigenvalue weighted by atomic mass is 35.5. The van der Waals surface area contributed by atoms with Gasteiger partial charge in [-0.25, -0.2) is 0 Å². The molecular formula is C14H12ClF3N2O. The number of rotatable bonds is 3. The SMILES string of the molecule is Cc1c(N)cc(Cl)cc1Nc1ccccc1OC(F)(F)F. The number of nitrogens with one attached hydrogen (secondary N) is 1. The molecule has 112 valence electrons. The van der Waals surface area contributed by atoms with Crippen LogP contribution in [-0.2, 0) is 0 Å². The molecule has 0 aliphatic carbocycles. The molecule has 0 fully saturated rings. The molecule has 0 atom stereocenters. The average Bonchev–Trinajstić information content (AvgIpc) is 2.36. The fraction of sp³-hybridized carbons (Fsp3) is 0.143. The summed E-state index contributed by atoms with van der Waals surface area (Å²) in [5.41, 5.74) is 7.58. The summed E-state index contributed by atoms with van der Waals surface area (Å²) in [6.07, 6.45) is -4.76. The van der Waals surface area contributed by atoms with Gasteiger partial charge in [0.1, 0.15) is 0 Å². The summed E-state index contributed by atoms with van der Waals surface area (Å²) in [4.78, 5) is 0. The van der Waals surface area contributed by atoms with E-state index in [-0.39, 0.29) is 11.4 Å². The smallest absolute Gasteiger partial charge is 0.404 e. The van der Waals surface area contributed by atoms with Crippen LogP contribution in [0.25, 0.3) is 0 Å². The van der Waals surface area contributed by atoms with Crippen molar-refractivity contribution in [2.75, 3.05) is 11.1 Å². The van der Waals surface area contributed by atoms with Crippen molar-refractivity contribution < 1.29 is 17.9 Å². The molecule has 0 saturated carbocycles. The molecule has 0 saturated heterocycles. The first-order valence-corrected chi connectivity index (χ1v) is 6.31. The van der Waals surface area contributed by atoms with Crippen LogP contribution in [-0.4, -0.2) is 6.36 Å². The molecule has 0 radical (unpaired) electrons. The van der Waals surface area contributed by atoms with Gasteiger partial charge in [-0.2, -0.15) is 0 Å². The van der Waals surface area contributed by atoms with Gasteiger partial charge in [-0.15, -0.1) is 13.2 Å². The van der Waals surface area contributed by atoms with Gasteiger partial charge in [0.25, 0.3) is 0 Å². The van der Waals surface area contributed by atoms with E-state index in [0.29, 0.717) is 22.0 Å². The fourth-order valence-electron chi connectivity index (χ4n) is 1.76. The molecule has 0 spiro atoms. The van der Waals surface area contributed by atoms with Crippen LogP contribution in [0, 0.1) is 6.92 Å². The highest BCUT2D eigenvalue weighted by Gasteiger charge is 2.32. The normalized spacial score (nSPS) is 11.3. The lowest BCUT2D eigenvalue weighted by molar-refractivity contribution is -0.274. The molecule has 3 N–H and O–H groups in total.